The Morgan fingerprint density at radius 2 is 2.43 bits per heavy atom. The maximum atomic E-state index is 10.8. The number of aromatic nitrogens is 2. The topological polar surface area (TPSA) is 75.4 Å². The molecule has 0 aromatic carbocycles. The summed E-state index contributed by atoms with van der Waals surface area (Å²) in [5.74, 6) is 0. The number of likely N-dealkylation sites (tertiary alicyclic amines) is 1. The van der Waals surface area contributed by atoms with Crippen LogP contribution in [0.5, 0.6) is 0 Å². The largest absolute Gasteiger partial charge is 0.465 e. The van der Waals surface area contributed by atoms with Gasteiger partial charge in [-0.1, -0.05) is 0 Å². The maximum absolute atomic E-state index is 10.8. The van der Waals surface area contributed by atoms with Crippen LogP contribution in [0.15, 0.2) is 18.5 Å². The number of amides is 1. The van der Waals surface area contributed by atoms with Crippen LogP contribution in [0.25, 0.3) is 0 Å². The van der Waals surface area contributed by atoms with E-state index in [1.54, 1.807) is 18.5 Å². The molecule has 1 aromatic rings. The zero-order chi connectivity index (χ0) is 10.1. The summed E-state index contributed by atoms with van der Waals surface area (Å²) in [6.07, 6.45) is 2.98. The van der Waals surface area contributed by atoms with Crippen molar-refractivity contribution in [2.45, 2.75) is 18.6 Å². The molecular formula is C8H9N3O3. The van der Waals surface area contributed by atoms with Crippen LogP contribution in [0.1, 0.15) is 12.6 Å². The number of rotatable bonds is 2. The van der Waals surface area contributed by atoms with Crippen LogP contribution in [-0.2, 0) is 4.79 Å². The van der Waals surface area contributed by atoms with E-state index in [4.69, 9.17) is 5.11 Å². The summed E-state index contributed by atoms with van der Waals surface area (Å²) in [5.41, 5.74) is 0. The van der Waals surface area contributed by atoms with Gasteiger partial charge in [-0.25, -0.2) is 9.48 Å². The van der Waals surface area contributed by atoms with E-state index in [9.17, 15) is 9.59 Å². The number of aldehydes is 1. The van der Waals surface area contributed by atoms with Gasteiger partial charge in [0, 0.05) is 18.8 Å². The predicted molar refractivity (Wildman–Crippen MR) is 45.6 cm³/mol. The predicted octanol–water partition coefficient (Wildman–Crippen LogP) is 0.333. The Morgan fingerprint density at radius 3 is 2.93 bits per heavy atom. The first-order chi connectivity index (χ1) is 6.74. The minimum absolute atomic E-state index is 0.335. The van der Waals surface area contributed by atoms with Crippen LogP contribution in [-0.4, -0.2) is 38.2 Å². The first kappa shape index (κ1) is 8.74. The Labute approximate surface area is 79.7 Å². The van der Waals surface area contributed by atoms with Gasteiger partial charge in [-0.2, -0.15) is 5.10 Å². The van der Waals surface area contributed by atoms with Gasteiger partial charge in [0.2, 0.25) is 0 Å². The highest BCUT2D eigenvalue weighted by Gasteiger charge is 2.43. The van der Waals surface area contributed by atoms with Gasteiger partial charge >= 0.3 is 6.09 Å². The Morgan fingerprint density at radius 1 is 1.64 bits per heavy atom. The van der Waals surface area contributed by atoms with Gasteiger partial charge in [0.1, 0.15) is 12.5 Å². The summed E-state index contributed by atoms with van der Waals surface area (Å²) < 4.78 is 1.54. The number of carbonyl (C=O) groups is 2. The molecule has 14 heavy (non-hydrogen) atoms. The number of carboxylic acid groups (broad SMARTS) is 1. The second-order valence-corrected chi connectivity index (χ2v) is 3.10. The zero-order valence-electron chi connectivity index (χ0n) is 7.28. The van der Waals surface area contributed by atoms with Crippen LogP contribution in [0.4, 0.5) is 4.79 Å². The van der Waals surface area contributed by atoms with Gasteiger partial charge in [0.05, 0.1) is 6.04 Å². The van der Waals surface area contributed by atoms with Gasteiger partial charge in [-0.15, -0.1) is 0 Å². The highest BCUT2D eigenvalue weighted by Crippen LogP contribution is 2.32. The molecule has 6 nitrogen and oxygen atoms in total. The molecule has 1 saturated heterocycles. The molecule has 1 aliphatic rings. The van der Waals surface area contributed by atoms with Gasteiger partial charge in [-0.05, 0) is 6.07 Å². The summed E-state index contributed by atoms with van der Waals surface area (Å²) in [7, 11) is 0. The zero-order valence-corrected chi connectivity index (χ0v) is 7.28. The second kappa shape index (κ2) is 3.13. The fourth-order valence-electron chi connectivity index (χ4n) is 1.61. The Balaban J connectivity index is 2.17. The van der Waals surface area contributed by atoms with Gasteiger partial charge in [0.15, 0.2) is 0 Å². The van der Waals surface area contributed by atoms with E-state index in [0.29, 0.717) is 12.7 Å². The number of hydrogen-bond acceptors (Lipinski definition) is 3. The van der Waals surface area contributed by atoms with Crippen LogP contribution in [0, 0.1) is 0 Å². The SMILES string of the molecule is O=CC1CC(n2cccn2)N1C(=O)O. The highest BCUT2D eigenvalue weighted by molar-refractivity contribution is 5.74. The first-order valence-corrected chi connectivity index (χ1v) is 4.19. The smallest absolute Gasteiger partial charge is 0.409 e. The maximum Gasteiger partial charge on any atom is 0.409 e. The van der Waals surface area contributed by atoms with Crippen LogP contribution >= 0.6 is 0 Å². The molecule has 6 heteroatoms. The monoisotopic (exact) mass is 195 g/mol. The van der Waals surface area contributed by atoms with Crippen molar-refractivity contribution in [1.29, 1.82) is 0 Å². The average Bonchev–Trinajstić information content (AvgIpc) is 2.54. The molecule has 1 aliphatic heterocycles. The third-order valence-electron chi connectivity index (χ3n) is 2.34. The standard InChI is InChI=1S/C8H9N3O3/c12-5-6-4-7(11(6)8(13)14)10-3-1-2-9-10/h1-3,5-7H,4H2,(H,13,14). The van der Waals surface area contributed by atoms with Crippen molar-refractivity contribution >= 4 is 12.4 Å². The molecule has 1 aromatic heterocycles. The van der Waals surface area contributed by atoms with Crippen molar-refractivity contribution in [3.8, 4) is 0 Å². The van der Waals surface area contributed by atoms with E-state index >= 15 is 0 Å². The first-order valence-electron chi connectivity index (χ1n) is 4.19. The molecule has 0 aliphatic carbocycles. The summed E-state index contributed by atoms with van der Waals surface area (Å²) >= 11 is 0. The molecule has 0 bridgehead atoms. The van der Waals surface area contributed by atoms with Crippen LogP contribution in [0.3, 0.4) is 0 Å². The molecule has 1 N–H and O–H groups in total. The third kappa shape index (κ3) is 1.15. The summed E-state index contributed by atoms with van der Waals surface area (Å²) in [5, 5.41) is 12.8. The molecule has 2 atom stereocenters. The lowest BCUT2D eigenvalue weighted by molar-refractivity contribution is -0.121. The van der Waals surface area contributed by atoms with Crippen molar-refractivity contribution in [3.63, 3.8) is 0 Å². The van der Waals surface area contributed by atoms with Crippen molar-refractivity contribution in [1.82, 2.24) is 14.7 Å². The molecule has 2 heterocycles. The molecule has 2 rings (SSSR count). The van der Waals surface area contributed by atoms with Crippen LogP contribution in [0.2, 0.25) is 0 Å². The van der Waals surface area contributed by atoms with E-state index in [0.717, 1.165) is 4.90 Å². The summed E-state index contributed by atoms with van der Waals surface area (Å²) in [6, 6.07) is 1.19. The molecular weight excluding hydrogens is 186 g/mol. The highest BCUT2D eigenvalue weighted by atomic mass is 16.4. The van der Waals surface area contributed by atoms with Crippen LogP contribution < -0.4 is 0 Å². The van der Waals surface area contributed by atoms with Crippen molar-refractivity contribution in [2.75, 3.05) is 0 Å². The molecule has 74 valence electrons. The minimum Gasteiger partial charge on any atom is -0.465 e. The van der Waals surface area contributed by atoms with Crippen molar-refractivity contribution < 1.29 is 14.7 Å². The minimum atomic E-state index is -1.09. The van der Waals surface area contributed by atoms with E-state index in [-0.39, 0.29) is 6.17 Å². The fourth-order valence-corrected chi connectivity index (χ4v) is 1.61. The summed E-state index contributed by atoms with van der Waals surface area (Å²) in [4.78, 5) is 22.4. The third-order valence-corrected chi connectivity index (χ3v) is 2.34. The molecule has 1 fully saturated rings. The molecule has 0 spiro atoms. The molecule has 0 saturated carbocycles. The van der Waals surface area contributed by atoms with E-state index in [2.05, 4.69) is 5.10 Å². The Bertz CT molecular complexity index is 349. The average molecular weight is 195 g/mol. The number of hydrogen-bond donors (Lipinski definition) is 1. The Kier molecular flexibility index (Phi) is 1.95. The number of carbonyl (C=O) groups excluding carboxylic acids is 1. The lowest BCUT2D eigenvalue weighted by Gasteiger charge is -2.43. The van der Waals surface area contributed by atoms with E-state index < -0.39 is 12.1 Å². The van der Waals surface area contributed by atoms with Gasteiger partial charge < -0.3 is 9.90 Å². The Hall–Kier alpha value is -1.85. The van der Waals surface area contributed by atoms with Gasteiger partial charge in [0.25, 0.3) is 0 Å². The molecule has 2 unspecified atom stereocenters. The van der Waals surface area contributed by atoms with Crippen molar-refractivity contribution in [3.05, 3.63) is 18.5 Å². The summed E-state index contributed by atoms with van der Waals surface area (Å²) in [6.45, 7) is 0. The van der Waals surface area contributed by atoms with E-state index in [1.165, 1.54) is 4.68 Å². The van der Waals surface area contributed by atoms with Gasteiger partial charge in [-0.3, -0.25) is 4.90 Å². The van der Waals surface area contributed by atoms with E-state index in [1.807, 2.05) is 0 Å². The molecule has 0 radical (unpaired) electrons. The lowest BCUT2D eigenvalue weighted by atomic mass is 10.0. The van der Waals surface area contributed by atoms with Crippen molar-refractivity contribution in [2.24, 2.45) is 0 Å². The molecule has 1 amide bonds. The fraction of sp³-hybridized carbons (Fsp3) is 0.375. The second-order valence-electron chi connectivity index (χ2n) is 3.10. The number of nitrogens with zero attached hydrogens (tertiary/aromatic N) is 3. The lowest BCUT2D eigenvalue weighted by Crippen LogP contribution is -2.55. The normalized spacial score (nSPS) is 25.6. The quantitative estimate of drug-likeness (QED) is 0.690.